The molecular weight excluding hydrogens is 364 g/mol. The van der Waals surface area contributed by atoms with E-state index >= 15 is 0 Å². The van der Waals surface area contributed by atoms with Gasteiger partial charge in [0.05, 0.1) is 4.88 Å². The van der Waals surface area contributed by atoms with Crippen LogP contribution in [0.15, 0.2) is 46.3 Å². The topological polar surface area (TPSA) is 97.1 Å². The molecule has 0 saturated heterocycles. The number of nitrogens with zero attached hydrogens (tertiary/aromatic N) is 2. The summed E-state index contributed by atoms with van der Waals surface area (Å²) < 4.78 is 4.96. The maximum atomic E-state index is 12.0. The Morgan fingerprint density at radius 3 is 2.48 bits per heavy atom. The normalized spacial score (nSPS) is 10.4. The molecule has 3 aromatic rings. The Bertz CT molecular complexity index is 862. The highest BCUT2D eigenvalue weighted by Crippen LogP contribution is 2.18. The first-order valence-electron chi connectivity index (χ1n) is 7.33. The zero-order chi connectivity index (χ0) is 17.6. The van der Waals surface area contributed by atoms with Crippen LogP contribution >= 0.6 is 22.9 Å². The van der Waals surface area contributed by atoms with Crippen LogP contribution in [0, 0.1) is 0 Å². The minimum Gasteiger partial charge on any atom is -0.350 e. The monoisotopic (exact) mass is 376 g/mol. The molecule has 0 atom stereocenters. The highest BCUT2D eigenvalue weighted by atomic mass is 35.5. The average molecular weight is 377 g/mol. The van der Waals surface area contributed by atoms with Crippen LogP contribution in [0.1, 0.15) is 20.4 Å². The Kier molecular flexibility index (Phi) is 5.42. The van der Waals surface area contributed by atoms with E-state index in [-0.39, 0.29) is 18.3 Å². The summed E-state index contributed by atoms with van der Waals surface area (Å²) in [5.41, 5.74) is 0.690. The van der Waals surface area contributed by atoms with Crippen LogP contribution in [-0.4, -0.2) is 35.0 Å². The molecule has 25 heavy (non-hydrogen) atoms. The largest absolute Gasteiger partial charge is 0.350 e. The predicted molar refractivity (Wildman–Crippen MR) is 93.7 cm³/mol. The van der Waals surface area contributed by atoms with Crippen LogP contribution < -0.4 is 10.6 Å². The van der Waals surface area contributed by atoms with Crippen molar-refractivity contribution < 1.29 is 14.1 Å². The van der Waals surface area contributed by atoms with Gasteiger partial charge in [0.25, 0.3) is 5.91 Å². The van der Waals surface area contributed by atoms with Crippen molar-refractivity contribution in [3.05, 3.63) is 57.6 Å². The van der Waals surface area contributed by atoms with Crippen molar-refractivity contribution in [2.45, 2.75) is 0 Å². The molecule has 0 bridgehead atoms. The summed E-state index contributed by atoms with van der Waals surface area (Å²) in [6, 6.07) is 10.4. The van der Waals surface area contributed by atoms with E-state index in [1.807, 2.05) is 5.38 Å². The van der Waals surface area contributed by atoms with Gasteiger partial charge in [-0.15, -0.1) is 11.3 Å². The molecule has 0 fully saturated rings. The molecule has 2 aromatic heterocycles. The molecule has 7 nitrogen and oxygen atoms in total. The molecule has 2 heterocycles. The van der Waals surface area contributed by atoms with Gasteiger partial charge in [0.1, 0.15) is 0 Å². The van der Waals surface area contributed by atoms with Crippen molar-refractivity contribution in [1.29, 1.82) is 0 Å². The second-order valence-electron chi connectivity index (χ2n) is 4.92. The first-order chi connectivity index (χ1) is 12.1. The fraction of sp³-hybridized carbons (Fsp3) is 0.125. The standard InChI is InChI=1S/C16H13ClN4O3S/c17-11-5-3-10(4-6-11)13-20-16(24-21-13)15(23)19-8-7-18-14(22)12-2-1-9-25-12/h1-6,9H,7-8H2,(H,18,22)(H,19,23). The van der Waals surface area contributed by atoms with Crippen molar-refractivity contribution in [3.8, 4) is 11.4 Å². The predicted octanol–water partition coefficient (Wildman–Crippen LogP) is 2.61. The Morgan fingerprint density at radius 2 is 1.80 bits per heavy atom. The van der Waals surface area contributed by atoms with Gasteiger partial charge in [-0.25, -0.2) is 0 Å². The summed E-state index contributed by atoms with van der Waals surface area (Å²) in [5.74, 6) is -0.521. The molecule has 0 saturated carbocycles. The fourth-order valence-corrected chi connectivity index (χ4v) is 2.72. The zero-order valence-electron chi connectivity index (χ0n) is 12.9. The van der Waals surface area contributed by atoms with E-state index in [1.54, 1.807) is 36.4 Å². The molecule has 0 unspecified atom stereocenters. The van der Waals surface area contributed by atoms with Crippen molar-refractivity contribution in [1.82, 2.24) is 20.8 Å². The summed E-state index contributed by atoms with van der Waals surface area (Å²) in [5, 5.41) is 11.5. The maximum Gasteiger partial charge on any atom is 0.316 e. The number of hydrogen-bond acceptors (Lipinski definition) is 6. The first kappa shape index (κ1) is 17.1. The highest BCUT2D eigenvalue weighted by molar-refractivity contribution is 7.12. The van der Waals surface area contributed by atoms with Gasteiger partial charge in [-0.2, -0.15) is 4.98 Å². The molecule has 0 aliphatic heterocycles. The van der Waals surface area contributed by atoms with E-state index in [1.165, 1.54) is 11.3 Å². The van der Waals surface area contributed by atoms with Gasteiger partial charge in [-0.3, -0.25) is 9.59 Å². The number of hydrogen-bond donors (Lipinski definition) is 2. The zero-order valence-corrected chi connectivity index (χ0v) is 14.4. The van der Waals surface area contributed by atoms with Crippen LogP contribution in [-0.2, 0) is 0 Å². The van der Waals surface area contributed by atoms with Crippen LogP contribution in [0.25, 0.3) is 11.4 Å². The summed E-state index contributed by atoms with van der Waals surface area (Å²) in [4.78, 5) is 28.4. The quantitative estimate of drug-likeness (QED) is 0.644. The lowest BCUT2D eigenvalue weighted by molar-refractivity contribution is 0.0899. The third-order valence-corrected chi connectivity index (χ3v) is 4.28. The number of amides is 2. The molecular formula is C16H13ClN4O3S. The SMILES string of the molecule is O=C(NCCNC(=O)c1cccs1)c1nc(-c2ccc(Cl)cc2)no1. The Balaban J connectivity index is 1.49. The number of carbonyl (C=O) groups is 2. The van der Waals surface area contributed by atoms with Gasteiger partial charge in [0.2, 0.25) is 5.82 Å². The Labute approximate surface area is 152 Å². The van der Waals surface area contributed by atoms with Crippen molar-refractivity contribution in [3.63, 3.8) is 0 Å². The molecule has 2 N–H and O–H groups in total. The minimum absolute atomic E-state index is 0.144. The molecule has 0 aliphatic carbocycles. The molecule has 128 valence electrons. The average Bonchev–Trinajstić information content (AvgIpc) is 3.30. The fourth-order valence-electron chi connectivity index (χ4n) is 1.95. The third-order valence-electron chi connectivity index (χ3n) is 3.16. The second kappa shape index (κ2) is 7.91. The van der Waals surface area contributed by atoms with Gasteiger partial charge in [0.15, 0.2) is 0 Å². The van der Waals surface area contributed by atoms with Crippen molar-refractivity contribution in [2.75, 3.05) is 13.1 Å². The van der Waals surface area contributed by atoms with Crippen molar-refractivity contribution in [2.24, 2.45) is 0 Å². The molecule has 2 amide bonds. The van der Waals surface area contributed by atoms with Gasteiger partial charge in [-0.05, 0) is 35.7 Å². The number of rotatable bonds is 6. The number of thiophene rings is 1. The number of halogens is 1. The molecule has 0 radical (unpaired) electrons. The van der Waals surface area contributed by atoms with E-state index in [0.717, 1.165) is 0 Å². The van der Waals surface area contributed by atoms with E-state index in [9.17, 15) is 9.59 Å². The molecule has 1 aromatic carbocycles. The van der Waals surface area contributed by atoms with Gasteiger partial charge in [-0.1, -0.05) is 22.8 Å². The van der Waals surface area contributed by atoms with Gasteiger partial charge < -0.3 is 15.2 Å². The Hall–Kier alpha value is -2.71. The minimum atomic E-state index is -0.502. The number of benzene rings is 1. The van der Waals surface area contributed by atoms with E-state index in [0.29, 0.717) is 27.8 Å². The first-order valence-corrected chi connectivity index (χ1v) is 8.59. The van der Waals surface area contributed by atoms with Crippen LogP contribution in [0.3, 0.4) is 0 Å². The molecule has 0 aliphatic rings. The van der Waals surface area contributed by atoms with E-state index in [2.05, 4.69) is 20.8 Å². The number of nitrogens with one attached hydrogen (secondary N) is 2. The smallest absolute Gasteiger partial charge is 0.316 e. The lowest BCUT2D eigenvalue weighted by Gasteiger charge is -2.04. The Morgan fingerprint density at radius 1 is 1.08 bits per heavy atom. The third kappa shape index (κ3) is 4.43. The van der Waals surface area contributed by atoms with Crippen LogP contribution in [0.4, 0.5) is 0 Å². The summed E-state index contributed by atoms with van der Waals surface area (Å²) in [7, 11) is 0. The lowest BCUT2D eigenvalue weighted by atomic mass is 10.2. The summed E-state index contributed by atoms with van der Waals surface area (Å²) >= 11 is 7.18. The van der Waals surface area contributed by atoms with E-state index in [4.69, 9.17) is 16.1 Å². The van der Waals surface area contributed by atoms with Crippen LogP contribution in [0.2, 0.25) is 5.02 Å². The summed E-state index contributed by atoms with van der Waals surface area (Å²) in [6.45, 7) is 0.537. The van der Waals surface area contributed by atoms with Crippen molar-refractivity contribution >= 4 is 34.8 Å². The highest BCUT2D eigenvalue weighted by Gasteiger charge is 2.15. The molecule has 0 spiro atoms. The van der Waals surface area contributed by atoms with Gasteiger partial charge >= 0.3 is 11.8 Å². The number of aromatic nitrogens is 2. The van der Waals surface area contributed by atoms with Gasteiger partial charge in [0, 0.05) is 23.7 Å². The number of carbonyl (C=O) groups excluding carboxylic acids is 2. The summed E-state index contributed by atoms with van der Waals surface area (Å²) in [6.07, 6.45) is 0. The van der Waals surface area contributed by atoms with E-state index < -0.39 is 5.91 Å². The second-order valence-corrected chi connectivity index (χ2v) is 6.30. The molecule has 3 rings (SSSR count). The molecule has 9 heteroatoms. The van der Waals surface area contributed by atoms with Crippen LogP contribution in [0.5, 0.6) is 0 Å². The maximum absolute atomic E-state index is 12.0. The lowest BCUT2D eigenvalue weighted by Crippen LogP contribution is -2.34.